The number of rotatable bonds is 2. The Labute approximate surface area is 136 Å². The van der Waals surface area contributed by atoms with Crippen LogP contribution in [0.5, 0.6) is 0 Å². The molecular weight excluding hydrogens is 290 g/mol. The van der Waals surface area contributed by atoms with Gasteiger partial charge in [0.15, 0.2) is 5.65 Å². The second kappa shape index (κ2) is 5.51. The molecule has 0 spiro atoms. The molecule has 2 aromatic heterocycles. The molecule has 2 aliphatic rings. The first kappa shape index (κ1) is 14.5. The molecule has 0 aromatic carbocycles. The summed E-state index contributed by atoms with van der Waals surface area (Å²) in [6.45, 7) is 6.90. The molecular formula is C17H23N5O. The van der Waals surface area contributed by atoms with Crippen molar-refractivity contribution in [3.63, 3.8) is 0 Å². The minimum atomic E-state index is 0.341. The number of aryl methyl sites for hydroxylation is 2. The van der Waals surface area contributed by atoms with Gasteiger partial charge < -0.3 is 9.80 Å². The van der Waals surface area contributed by atoms with Crippen molar-refractivity contribution < 1.29 is 4.79 Å². The van der Waals surface area contributed by atoms with Gasteiger partial charge >= 0.3 is 0 Å². The zero-order valence-electron chi connectivity index (χ0n) is 13.8. The molecule has 0 radical (unpaired) electrons. The van der Waals surface area contributed by atoms with Crippen molar-refractivity contribution in [3.8, 4) is 0 Å². The molecule has 0 saturated carbocycles. The number of amides is 1. The Hall–Kier alpha value is -2.11. The van der Waals surface area contributed by atoms with Crippen LogP contribution in [0, 0.1) is 13.8 Å². The van der Waals surface area contributed by atoms with Gasteiger partial charge in [0.1, 0.15) is 5.82 Å². The quantitative estimate of drug-likeness (QED) is 0.850. The smallest absolute Gasteiger partial charge is 0.222 e. The monoisotopic (exact) mass is 313 g/mol. The normalized spacial score (nSPS) is 20.0. The Morgan fingerprint density at radius 3 is 2.57 bits per heavy atom. The third kappa shape index (κ3) is 2.56. The Balaban J connectivity index is 1.55. The second-order valence-electron chi connectivity index (χ2n) is 6.72. The third-order valence-electron chi connectivity index (χ3n) is 5.00. The van der Waals surface area contributed by atoms with Crippen LogP contribution in [0.1, 0.15) is 37.1 Å². The van der Waals surface area contributed by atoms with E-state index in [4.69, 9.17) is 0 Å². The number of fused-ring (bicyclic) bond motifs is 1. The molecule has 23 heavy (non-hydrogen) atoms. The van der Waals surface area contributed by atoms with Crippen molar-refractivity contribution in [2.45, 2.75) is 45.6 Å². The number of anilines is 1. The molecule has 6 heteroatoms. The molecule has 0 unspecified atom stereocenters. The molecule has 0 bridgehead atoms. The van der Waals surface area contributed by atoms with E-state index in [1.54, 1.807) is 0 Å². The number of nitrogens with zero attached hydrogens (tertiary/aromatic N) is 5. The lowest BCUT2D eigenvalue weighted by Crippen LogP contribution is -2.45. The molecule has 2 aromatic rings. The maximum atomic E-state index is 11.9. The van der Waals surface area contributed by atoms with Gasteiger partial charge in [0, 0.05) is 49.9 Å². The Bertz CT molecular complexity index is 745. The van der Waals surface area contributed by atoms with Crippen molar-refractivity contribution in [1.29, 1.82) is 0 Å². The Morgan fingerprint density at radius 1 is 1.09 bits per heavy atom. The van der Waals surface area contributed by atoms with Gasteiger partial charge in [-0.05, 0) is 33.1 Å². The van der Waals surface area contributed by atoms with Crippen molar-refractivity contribution in [1.82, 2.24) is 19.5 Å². The van der Waals surface area contributed by atoms with Crippen LogP contribution in [0.15, 0.2) is 12.1 Å². The molecule has 4 rings (SSSR count). The van der Waals surface area contributed by atoms with Gasteiger partial charge in [-0.2, -0.15) is 9.61 Å². The number of carbonyl (C=O) groups excluding carboxylic acids is 1. The van der Waals surface area contributed by atoms with Crippen LogP contribution in [0.4, 0.5) is 5.82 Å². The van der Waals surface area contributed by atoms with Crippen LogP contribution >= 0.6 is 0 Å². The highest BCUT2D eigenvalue weighted by Gasteiger charge is 2.31. The molecule has 122 valence electrons. The van der Waals surface area contributed by atoms with E-state index in [0.29, 0.717) is 11.9 Å². The van der Waals surface area contributed by atoms with E-state index in [9.17, 15) is 4.79 Å². The Kier molecular flexibility index (Phi) is 3.47. The average Bonchev–Trinajstić information content (AvgIpc) is 3.11. The molecule has 2 aliphatic heterocycles. The maximum absolute atomic E-state index is 11.9. The van der Waals surface area contributed by atoms with Crippen LogP contribution in [0.25, 0.3) is 5.65 Å². The van der Waals surface area contributed by atoms with E-state index in [0.717, 1.165) is 68.2 Å². The average molecular weight is 313 g/mol. The fourth-order valence-corrected chi connectivity index (χ4v) is 3.88. The summed E-state index contributed by atoms with van der Waals surface area (Å²) >= 11 is 0. The summed E-state index contributed by atoms with van der Waals surface area (Å²) in [5.41, 5.74) is 2.92. The van der Waals surface area contributed by atoms with Crippen LogP contribution in [-0.2, 0) is 4.79 Å². The van der Waals surface area contributed by atoms with Gasteiger partial charge in [-0.1, -0.05) is 0 Å². The molecule has 0 aliphatic carbocycles. The third-order valence-corrected chi connectivity index (χ3v) is 5.00. The standard InChI is InChI=1S/C17H23N5O/c1-12-11-16(22-15(18-12)10-13(2)19-22)20-8-5-14(6-9-20)21-7-3-4-17(21)23/h10-11,14H,3-9H2,1-2H3. The van der Waals surface area contributed by atoms with Gasteiger partial charge in [0.2, 0.25) is 5.91 Å². The predicted molar refractivity (Wildman–Crippen MR) is 88.6 cm³/mol. The first-order valence-corrected chi connectivity index (χ1v) is 8.50. The largest absolute Gasteiger partial charge is 0.356 e. The molecule has 0 N–H and O–H groups in total. The maximum Gasteiger partial charge on any atom is 0.222 e. The van der Waals surface area contributed by atoms with Gasteiger partial charge in [-0.15, -0.1) is 0 Å². The lowest BCUT2D eigenvalue weighted by Gasteiger charge is -2.37. The number of likely N-dealkylation sites (tertiary alicyclic amines) is 1. The van der Waals surface area contributed by atoms with E-state index >= 15 is 0 Å². The minimum absolute atomic E-state index is 0.341. The van der Waals surface area contributed by atoms with Crippen molar-refractivity contribution in [3.05, 3.63) is 23.5 Å². The van der Waals surface area contributed by atoms with Crippen molar-refractivity contribution in [2.75, 3.05) is 24.5 Å². The number of hydrogen-bond acceptors (Lipinski definition) is 4. The van der Waals surface area contributed by atoms with Crippen LogP contribution in [0.2, 0.25) is 0 Å². The van der Waals surface area contributed by atoms with Crippen LogP contribution in [0.3, 0.4) is 0 Å². The fourth-order valence-electron chi connectivity index (χ4n) is 3.88. The fraction of sp³-hybridized carbons (Fsp3) is 0.588. The second-order valence-corrected chi connectivity index (χ2v) is 6.72. The van der Waals surface area contributed by atoms with Crippen LogP contribution < -0.4 is 4.90 Å². The zero-order chi connectivity index (χ0) is 16.0. The lowest BCUT2D eigenvalue weighted by atomic mass is 10.0. The van der Waals surface area contributed by atoms with Gasteiger partial charge in [0.05, 0.1) is 5.69 Å². The number of hydrogen-bond donors (Lipinski definition) is 0. The summed E-state index contributed by atoms with van der Waals surface area (Å²) in [5.74, 6) is 1.46. The highest BCUT2D eigenvalue weighted by atomic mass is 16.2. The molecule has 1 amide bonds. The van der Waals surface area contributed by atoms with E-state index in [1.807, 2.05) is 24.4 Å². The molecule has 6 nitrogen and oxygen atoms in total. The summed E-state index contributed by atoms with van der Waals surface area (Å²) in [6.07, 6.45) is 3.83. The molecule has 2 saturated heterocycles. The SMILES string of the molecule is Cc1cc(N2CCC(N3CCCC3=O)CC2)n2nc(C)cc2n1. The van der Waals surface area contributed by atoms with Crippen molar-refractivity contribution >= 4 is 17.4 Å². The first-order chi connectivity index (χ1) is 11.1. The van der Waals surface area contributed by atoms with Crippen molar-refractivity contribution in [2.24, 2.45) is 0 Å². The van der Waals surface area contributed by atoms with E-state index in [2.05, 4.69) is 25.9 Å². The number of aromatic nitrogens is 3. The van der Waals surface area contributed by atoms with Gasteiger partial charge in [0.25, 0.3) is 0 Å². The topological polar surface area (TPSA) is 53.7 Å². The molecule has 0 atom stereocenters. The molecule has 4 heterocycles. The highest BCUT2D eigenvalue weighted by Crippen LogP contribution is 2.26. The van der Waals surface area contributed by atoms with Gasteiger partial charge in [-0.25, -0.2) is 4.98 Å². The highest BCUT2D eigenvalue weighted by molar-refractivity contribution is 5.78. The summed E-state index contributed by atoms with van der Waals surface area (Å²) in [4.78, 5) is 21.0. The zero-order valence-corrected chi connectivity index (χ0v) is 13.8. The van der Waals surface area contributed by atoms with E-state index < -0.39 is 0 Å². The Morgan fingerprint density at radius 2 is 1.87 bits per heavy atom. The van der Waals surface area contributed by atoms with E-state index in [-0.39, 0.29) is 0 Å². The summed E-state index contributed by atoms with van der Waals surface area (Å²) < 4.78 is 1.95. The first-order valence-electron chi connectivity index (χ1n) is 8.50. The summed E-state index contributed by atoms with van der Waals surface area (Å²) in [5, 5.41) is 4.59. The van der Waals surface area contributed by atoms with Crippen LogP contribution in [-0.4, -0.2) is 51.1 Å². The van der Waals surface area contributed by atoms with E-state index in [1.165, 1.54) is 0 Å². The number of carbonyl (C=O) groups is 1. The lowest BCUT2D eigenvalue weighted by molar-refractivity contribution is -0.130. The van der Waals surface area contributed by atoms with Gasteiger partial charge in [-0.3, -0.25) is 4.79 Å². The summed E-state index contributed by atoms with van der Waals surface area (Å²) in [7, 11) is 0. The summed E-state index contributed by atoms with van der Waals surface area (Å²) in [6, 6.07) is 4.55. The minimum Gasteiger partial charge on any atom is -0.356 e. The number of piperidine rings is 1. The molecule has 2 fully saturated rings. The predicted octanol–water partition coefficient (Wildman–Crippen LogP) is 1.94.